The predicted octanol–water partition coefficient (Wildman–Crippen LogP) is 6.38. The molecule has 0 aromatic carbocycles. The zero-order chi connectivity index (χ0) is 27.5. The smallest absolute Gasteiger partial charge is 0.272 e. The maximum absolute atomic E-state index is 14.0. The Morgan fingerprint density at radius 3 is 2.15 bits per heavy atom. The van der Waals surface area contributed by atoms with Crippen molar-refractivity contribution in [2.75, 3.05) is 0 Å². The van der Waals surface area contributed by atoms with E-state index in [0.717, 1.165) is 49.5 Å². The van der Waals surface area contributed by atoms with Crippen LogP contribution in [0.15, 0.2) is 0 Å². The van der Waals surface area contributed by atoms with E-state index in [0.29, 0.717) is 36.0 Å². The van der Waals surface area contributed by atoms with Crippen molar-refractivity contribution < 1.29 is 9.59 Å². The Hall–Kier alpha value is -1.85. The fourth-order valence-electron chi connectivity index (χ4n) is 9.86. The minimum absolute atomic E-state index is 0.0207. The summed E-state index contributed by atoms with van der Waals surface area (Å²) in [6.45, 7) is 10.9. The summed E-state index contributed by atoms with van der Waals surface area (Å²) in [4.78, 5) is 27.5. The van der Waals surface area contributed by atoms with Crippen LogP contribution in [0.1, 0.15) is 139 Å². The van der Waals surface area contributed by atoms with Crippen LogP contribution in [0.2, 0.25) is 0 Å². The quantitative estimate of drug-likeness (QED) is 0.443. The lowest BCUT2D eigenvalue weighted by Crippen LogP contribution is -2.56. The Morgan fingerprint density at radius 1 is 0.897 bits per heavy atom. The number of aromatic nitrogens is 2. The molecule has 0 aliphatic heterocycles. The molecule has 1 atom stereocenters. The molecule has 5 saturated carbocycles. The van der Waals surface area contributed by atoms with Crippen LogP contribution >= 0.6 is 0 Å². The van der Waals surface area contributed by atoms with Crippen LogP contribution in [-0.2, 0) is 17.6 Å². The number of nitrogens with one attached hydrogen (secondary N) is 2. The van der Waals surface area contributed by atoms with Crippen LogP contribution in [0.4, 0.5) is 0 Å². The van der Waals surface area contributed by atoms with Gasteiger partial charge >= 0.3 is 0 Å². The molecule has 4 bridgehead atoms. The van der Waals surface area contributed by atoms with Gasteiger partial charge in [0.15, 0.2) is 5.69 Å². The van der Waals surface area contributed by atoms with E-state index in [9.17, 15) is 9.59 Å². The summed E-state index contributed by atoms with van der Waals surface area (Å²) in [7, 11) is 0. The fourth-order valence-corrected chi connectivity index (χ4v) is 9.86. The van der Waals surface area contributed by atoms with E-state index >= 15 is 0 Å². The first-order chi connectivity index (χ1) is 18.5. The highest BCUT2D eigenvalue weighted by atomic mass is 16.2. The molecular weight excluding hydrogens is 484 g/mol. The van der Waals surface area contributed by atoms with Gasteiger partial charge in [-0.05, 0) is 114 Å². The Balaban J connectivity index is 1.23. The number of nitrogens with zero attached hydrogens (tertiary/aromatic N) is 2. The molecule has 39 heavy (non-hydrogen) atoms. The topological polar surface area (TPSA) is 76.0 Å². The monoisotopic (exact) mass is 536 g/mol. The highest BCUT2D eigenvalue weighted by Gasteiger charge is 2.49. The van der Waals surface area contributed by atoms with Crippen LogP contribution in [-0.4, -0.2) is 33.2 Å². The van der Waals surface area contributed by atoms with Crippen molar-refractivity contribution in [1.82, 2.24) is 20.4 Å². The van der Waals surface area contributed by atoms with E-state index in [-0.39, 0.29) is 28.7 Å². The van der Waals surface area contributed by atoms with Crippen LogP contribution in [0.5, 0.6) is 0 Å². The second kappa shape index (κ2) is 10.2. The van der Waals surface area contributed by atoms with Gasteiger partial charge in [0.25, 0.3) is 5.91 Å². The van der Waals surface area contributed by atoms with E-state index in [1.165, 1.54) is 57.1 Å². The molecule has 0 saturated heterocycles. The third-order valence-corrected chi connectivity index (χ3v) is 10.8. The summed E-state index contributed by atoms with van der Waals surface area (Å²) in [5.74, 6) is 3.12. The molecule has 2 amide bonds. The van der Waals surface area contributed by atoms with E-state index < -0.39 is 0 Å². The maximum atomic E-state index is 14.0. The number of carbonyl (C=O) groups excluding carboxylic acids is 2. The second-order valence-corrected chi connectivity index (χ2v) is 16.0. The normalized spacial score (nSPS) is 32.6. The molecular formula is C33H52N4O2. The zero-order valence-corrected chi connectivity index (χ0v) is 25.2. The molecule has 6 aliphatic carbocycles. The van der Waals surface area contributed by atoms with Gasteiger partial charge in [-0.15, -0.1) is 0 Å². The average molecular weight is 537 g/mol. The SMILES string of the molecule is CC(C)(C)CC(C)(C)NC(=O)C1CCc2c(c(C(=O)NC3C4CC5CC(C4)CC3C5)nn2C2CCCCC2)C1. The lowest BCUT2D eigenvalue weighted by molar-refractivity contribution is -0.127. The van der Waals surface area contributed by atoms with Gasteiger partial charge in [-0.3, -0.25) is 14.3 Å². The van der Waals surface area contributed by atoms with Gasteiger partial charge in [0.1, 0.15) is 0 Å². The number of rotatable bonds is 6. The van der Waals surface area contributed by atoms with Gasteiger partial charge in [-0.2, -0.15) is 5.10 Å². The zero-order valence-electron chi connectivity index (χ0n) is 25.2. The van der Waals surface area contributed by atoms with Crippen molar-refractivity contribution in [1.29, 1.82) is 0 Å². The van der Waals surface area contributed by atoms with Gasteiger partial charge in [0, 0.05) is 28.8 Å². The molecule has 6 heteroatoms. The second-order valence-electron chi connectivity index (χ2n) is 16.0. The highest BCUT2D eigenvalue weighted by molar-refractivity contribution is 5.94. The first-order valence-corrected chi connectivity index (χ1v) is 16.2. The molecule has 216 valence electrons. The first-order valence-electron chi connectivity index (χ1n) is 16.2. The standard InChI is InChI=1S/C33H52N4O2/c1-32(2,3)19-33(4,5)35-30(38)22-11-12-27-26(18-22)29(36-37(27)25-9-7-6-8-10-25)31(39)34-28-23-14-20-13-21(16-23)17-24(28)15-20/h20-25,28H,6-19H2,1-5H3,(H,34,39)(H,35,38). The largest absolute Gasteiger partial charge is 0.351 e. The van der Waals surface area contributed by atoms with Crippen molar-refractivity contribution in [3.63, 3.8) is 0 Å². The van der Waals surface area contributed by atoms with Crippen molar-refractivity contribution in [2.45, 2.75) is 142 Å². The van der Waals surface area contributed by atoms with Gasteiger partial charge in [0.05, 0.1) is 6.04 Å². The molecule has 1 aromatic rings. The molecule has 0 radical (unpaired) electrons. The third-order valence-electron chi connectivity index (χ3n) is 10.8. The summed E-state index contributed by atoms with van der Waals surface area (Å²) >= 11 is 0. The van der Waals surface area contributed by atoms with Gasteiger partial charge in [-0.1, -0.05) is 40.0 Å². The number of hydrogen-bond acceptors (Lipinski definition) is 3. The summed E-state index contributed by atoms with van der Waals surface area (Å²) in [5.41, 5.74) is 2.79. The van der Waals surface area contributed by atoms with E-state index in [1.54, 1.807) is 0 Å². The Bertz CT molecular complexity index is 1060. The van der Waals surface area contributed by atoms with Gasteiger partial charge in [0.2, 0.25) is 5.91 Å². The predicted molar refractivity (Wildman–Crippen MR) is 154 cm³/mol. The van der Waals surface area contributed by atoms with Crippen molar-refractivity contribution in [2.24, 2.45) is 35.0 Å². The summed E-state index contributed by atoms with van der Waals surface area (Å²) in [6.07, 6.45) is 15.9. The number of hydrogen-bond donors (Lipinski definition) is 2. The Kier molecular flexibility index (Phi) is 7.15. The molecule has 1 aromatic heterocycles. The molecule has 7 rings (SSSR count). The minimum atomic E-state index is -0.262. The van der Waals surface area contributed by atoms with E-state index in [4.69, 9.17) is 5.10 Å². The Labute approximate surface area is 235 Å². The molecule has 5 fully saturated rings. The summed E-state index contributed by atoms with van der Waals surface area (Å²) in [6, 6.07) is 0.702. The minimum Gasteiger partial charge on any atom is -0.351 e. The van der Waals surface area contributed by atoms with Crippen LogP contribution in [0.25, 0.3) is 0 Å². The number of amides is 2. The molecule has 6 nitrogen and oxygen atoms in total. The molecule has 6 aliphatic rings. The molecule has 2 N–H and O–H groups in total. The van der Waals surface area contributed by atoms with E-state index in [1.807, 2.05) is 0 Å². The molecule has 1 unspecified atom stereocenters. The fraction of sp³-hybridized carbons (Fsp3) is 0.848. The first kappa shape index (κ1) is 27.3. The van der Waals surface area contributed by atoms with E-state index in [2.05, 4.69) is 49.9 Å². The van der Waals surface area contributed by atoms with Crippen molar-refractivity contribution >= 4 is 11.8 Å². The van der Waals surface area contributed by atoms with Crippen LogP contribution in [0, 0.1) is 35.0 Å². The van der Waals surface area contributed by atoms with Gasteiger partial charge < -0.3 is 10.6 Å². The third kappa shape index (κ3) is 5.68. The lowest BCUT2D eigenvalue weighted by atomic mass is 9.54. The molecule has 0 spiro atoms. The summed E-state index contributed by atoms with van der Waals surface area (Å²) in [5, 5.41) is 12.0. The highest BCUT2D eigenvalue weighted by Crippen LogP contribution is 2.53. The van der Waals surface area contributed by atoms with Gasteiger partial charge in [-0.25, -0.2) is 0 Å². The van der Waals surface area contributed by atoms with Crippen LogP contribution in [0.3, 0.4) is 0 Å². The van der Waals surface area contributed by atoms with Crippen LogP contribution < -0.4 is 10.6 Å². The average Bonchev–Trinajstić information content (AvgIpc) is 3.23. The van der Waals surface area contributed by atoms with Crippen molar-refractivity contribution in [3.8, 4) is 0 Å². The molecule has 1 heterocycles. The lowest BCUT2D eigenvalue weighted by Gasteiger charge is -2.54. The Morgan fingerprint density at radius 2 is 1.54 bits per heavy atom. The number of fused-ring (bicyclic) bond motifs is 1. The number of carbonyl (C=O) groups is 2. The van der Waals surface area contributed by atoms with Crippen molar-refractivity contribution in [3.05, 3.63) is 17.0 Å². The maximum Gasteiger partial charge on any atom is 0.272 e. The summed E-state index contributed by atoms with van der Waals surface area (Å²) < 4.78 is 2.23.